The Morgan fingerprint density at radius 2 is 2.05 bits per heavy atom. The van der Waals surface area contributed by atoms with Crippen LogP contribution in [0.3, 0.4) is 0 Å². The molecule has 0 saturated carbocycles. The fourth-order valence-corrected chi connectivity index (χ4v) is 2.27. The van der Waals surface area contributed by atoms with Gasteiger partial charge in [0.2, 0.25) is 0 Å². The Morgan fingerprint density at radius 1 is 1.24 bits per heavy atom. The molecule has 0 bridgehead atoms. The van der Waals surface area contributed by atoms with E-state index in [1.807, 2.05) is 30.3 Å². The third-order valence-electron chi connectivity index (χ3n) is 3.25. The number of nitriles is 1. The zero-order valence-corrected chi connectivity index (χ0v) is 12.0. The number of rotatable bonds is 5. The van der Waals surface area contributed by atoms with Crippen LogP contribution in [0, 0.1) is 17.1 Å². The maximum absolute atomic E-state index is 13.4. The molecule has 0 atom stereocenters. The Morgan fingerprint density at radius 3 is 2.71 bits per heavy atom. The molecule has 108 valence electrons. The average Bonchev–Trinajstić information content (AvgIpc) is 2.48. The number of nitrogens with zero attached hydrogens (tertiary/aromatic N) is 2. The second-order valence-electron chi connectivity index (χ2n) is 4.94. The van der Waals surface area contributed by atoms with Gasteiger partial charge in [0.25, 0.3) is 0 Å². The Balaban J connectivity index is 2.26. The Kier molecular flexibility index (Phi) is 4.78. The fourth-order valence-electron chi connectivity index (χ4n) is 2.27. The maximum Gasteiger partial charge on any atom is 0.140 e. The number of anilines is 2. The average molecular weight is 283 g/mol. The van der Waals surface area contributed by atoms with Crippen molar-refractivity contribution in [3.63, 3.8) is 0 Å². The van der Waals surface area contributed by atoms with Crippen molar-refractivity contribution < 1.29 is 4.39 Å². The van der Waals surface area contributed by atoms with E-state index >= 15 is 0 Å². The Bertz CT molecular complexity index is 661. The summed E-state index contributed by atoms with van der Waals surface area (Å²) < 4.78 is 13.4. The molecular weight excluding hydrogens is 265 g/mol. The van der Waals surface area contributed by atoms with Crippen molar-refractivity contribution in [2.75, 3.05) is 17.2 Å². The molecule has 0 saturated heterocycles. The van der Waals surface area contributed by atoms with Gasteiger partial charge >= 0.3 is 0 Å². The van der Waals surface area contributed by atoms with E-state index in [9.17, 15) is 4.39 Å². The summed E-state index contributed by atoms with van der Waals surface area (Å²) in [5, 5.41) is 8.91. The summed E-state index contributed by atoms with van der Waals surface area (Å²) in [5.41, 5.74) is 8.56. The van der Waals surface area contributed by atoms with Crippen LogP contribution in [-0.2, 0) is 6.54 Å². The summed E-state index contributed by atoms with van der Waals surface area (Å²) in [4.78, 5) is 2.17. The first-order valence-electron chi connectivity index (χ1n) is 6.93. The molecule has 0 aliphatic rings. The molecule has 2 rings (SSSR count). The van der Waals surface area contributed by atoms with Gasteiger partial charge in [-0.25, -0.2) is 4.39 Å². The van der Waals surface area contributed by atoms with E-state index in [-0.39, 0.29) is 5.56 Å². The lowest BCUT2D eigenvalue weighted by molar-refractivity contribution is 0.622. The summed E-state index contributed by atoms with van der Waals surface area (Å²) in [6, 6.07) is 14.2. The molecule has 2 N–H and O–H groups in total. The first-order chi connectivity index (χ1) is 10.1. The molecule has 0 aliphatic heterocycles. The lowest BCUT2D eigenvalue weighted by atomic mass is 10.1. The molecule has 0 amide bonds. The minimum absolute atomic E-state index is 0.0801. The minimum atomic E-state index is -0.479. The van der Waals surface area contributed by atoms with E-state index in [2.05, 4.69) is 11.8 Å². The van der Waals surface area contributed by atoms with Gasteiger partial charge in [-0.3, -0.25) is 0 Å². The quantitative estimate of drug-likeness (QED) is 0.851. The highest BCUT2D eigenvalue weighted by Gasteiger charge is 2.09. The van der Waals surface area contributed by atoms with Crippen molar-refractivity contribution in [2.24, 2.45) is 0 Å². The van der Waals surface area contributed by atoms with Crippen LogP contribution in [-0.4, -0.2) is 6.54 Å². The van der Waals surface area contributed by atoms with E-state index in [0.29, 0.717) is 12.2 Å². The lowest BCUT2D eigenvalue weighted by Gasteiger charge is -2.25. The van der Waals surface area contributed by atoms with Gasteiger partial charge in [-0.1, -0.05) is 19.1 Å². The van der Waals surface area contributed by atoms with Crippen LogP contribution < -0.4 is 10.6 Å². The first-order valence-corrected chi connectivity index (χ1v) is 6.93. The second kappa shape index (κ2) is 6.76. The third kappa shape index (κ3) is 3.73. The Labute approximate surface area is 124 Å². The van der Waals surface area contributed by atoms with Crippen LogP contribution >= 0.6 is 0 Å². The third-order valence-corrected chi connectivity index (χ3v) is 3.25. The van der Waals surface area contributed by atoms with Crippen molar-refractivity contribution in [2.45, 2.75) is 19.9 Å². The molecule has 2 aromatic rings. The highest BCUT2D eigenvalue weighted by atomic mass is 19.1. The number of halogens is 1. The van der Waals surface area contributed by atoms with E-state index in [1.54, 1.807) is 12.1 Å². The standard InChI is InChI=1S/C17H18FN3/c1-2-8-21(16-5-3-4-15(20)10-16)12-13-6-7-17(18)14(9-13)11-19/h3-7,9-10H,2,8,12,20H2,1H3. The van der Waals surface area contributed by atoms with E-state index in [0.717, 1.165) is 24.2 Å². The lowest BCUT2D eigenvalue weighted by Crippen LogP contribution is -2.23. The van der Waals surface area contributed by atoms with Crippen LogP contribution in [0.15, 0.2) is 42.5 Å². The summed E-state index contributed by atoms with van der Waals surface area (Å²) in [6.45, 7) is 3.58. The van der Waals surface area contributed by atoms with Gasteiger partial charge in [0.15, 0.2) is 0 Å². The largest absolute Gasteiger partial charge is 0.399 e. The van der Waals surface area contributed by atoms with Crippen molar-refractivity contribution in [1.82, 2.24) is 0 Å². The molecule has 0 aliphatic carbocycles. The van der Waals surface area contributed by atoms with Crippen molar-refractivity contribution in [3.05, 3.63) is 59.4 Å². The molecule has 2 aromatic carbocycles. The normalized spacial score (nSPS) is 10.1. The van der Waals surface area contributed by atoms with Gasteiger partial charge < -0.3 is 10.6 Å². The van der Waals surface area contributed by atoms with Gasteiger partial charge in [0, 0.05) is 24.5 Å². The predicted octanol–water partition coefficient (Wildman–Crippen LogP) is 3.70. The number of hydrogen-bond donors (Lipinski definition) is 1. The van der Waals surface area contributed by atoms with Crippen LogP contribution in [0.2, 0.25) is 0 Å². The fraction of sp³-hybridized carbons (Fsp3) is 0.235. The predicted molar refractivity (Wildman–Crippen MR) is 83.3 cm³/mol. The molecule has 0 radical (unpaired) electrons. The van der Waals surface area contributed by atoms with E-state index in [1.165, 1.54) is 6.07 Å². The van der Waals surface area contributed by atoms with Crippen LogP contribution in [0.4, 0.5) is 15.8 Å². The van der Waals surface area contributed by atoms with Gasteiger partial charge in [-0.2, -0.15) is 5.26 Å². The second-order valence-corrected chi connectivity index (χ2v) is 4.94. The molecule has 0 fully saturated rings. The molecule has 3 nitrogen and oxygen atoms in total. The molecule has 4 heteroatoms. The molecule has 0 unspecified atom stereocenters. The summed E-state index contributed by atoms with van der Waals surface area (Å²) >= 11 is 0. The first kappa shape index (κ1) is 14.9. The zero-order chi connectivity index (χ0) is 15.2. The summed E-state index contributed by atoms with van der Waals surface area (Å²) in [6.07, 6.45) is 0.987. The highest BCUT2D eigenvalue weighted by Crippen LogP contribution is 2.21. The highest BCUT2D eigenvalue weighted by molar-refractivity contribution is 5.56. The number of nitrogens with two attached hydrogens (primary N) is 1. The van der Waals surface area contributed by atoms with Crippen LogP contribution in [0.5, 0.6) is 0 Å². The minimum Gasteiger partial charge on any atom is -0.399 e. The smallest absolute Gasteiger partial charge is 0.140 e. The van der Waals surface area contributed by atoms with E-state index in [4.69, 9.17) is 11.0 Å². The van der Waals surface area contributed by atoms with E-state index < -0.39 is 5.82 Å². The maximum atomic E-state index is 13.4. The van der Waals surface area contributed by atoms with Crippen LogP contribution in [0.25, 0.3) is 0 Å². The molecular formula is C17H18FN3. The SMILES string of the molecule is CCCN(Cc1ccc(F)c(C#N)c1)c1cccc(N)c1. The van der Waals surface area contributed by atoms with Gasteiger partial charge in [0.1, 0.15) is 11.9 Å². The van der Waals surface area contributed by atoms with Gasteiger partial charge in [-0.05, 0) is 42.3 Å². The number of hydrogen-bond acceptors (Lipinski definition) is 3. The topological polar surface area (TPSA) is 53.0 Å². The number of nitrogen functional groups attached to an aromatic ring is 1. The number of benzene rings is 2. The van der Waals surface area contributed by atoms with Gasteiger partial charge in [-0.15, -0.1) is 0 Å². The molecule has 0 heterocycles. The summed E-state index contributed by atoms with van der Waals surface area (Å²) in [5.74, 6) is -0.479. The molecule has 0 spiro atoms. The van der Waals surface area contributed by atoms with Crippen molar-refractivity contribution >= 4 is 11.4 Å². The van der Waals surface area contributed by atoms with Crippen molar-refractivity contribution in [3.8, 4) is 6.07 Å². The summed E-state index contributed by atoms with van der Waals surface area (Å²) in [7, 11) is 0. The van der Waals surface area contributed by atoms with Gasteiger partial charge in [0.05, 0.1) is 5.56 Å². The molecule has 21 heavy (non-hydrogen) atoms. The molecule has 0 aromatic heterocycles. The zero-order valence-electron chi connectivity index (χ0n) is 12.0. The Hall–Kier alpha value is -2.54. The van der Waals surface area contributed by atoms with Crippen molar-refractivity contribution in [1.29, 1.82) is 5.26 Å². The van der Waals surface area contributed by atoms with Crippen LogP contribution in [0.1, 0.15) is 24.5 Å². The monoisotopic (exact) mass is 283 g/mol.